The minimum atomic E-state index is -0.511. The first-order chi connectivity index (χ1) is 16.2. The van der Waals surface area contributed by atoms with Crippen LogP contribution in [0.4, 0.5) is 4.79 Å². The molecule has 0 bridgehead atoms. The van der Waals surface area contributed by atoms with Crippen molar-refractivity contribution in [3.63, 3.8) is 0 Å². The summed E-state index contributed by atoms with van der Waals surface area (Å²) in [5.74, 6) is 0.0176. The van der Waals surface area contributed by atoms with Gasteiger partial charge < -0.3 is 9.47 Å². The Morgan fingerprint density at radius 1 is 1.00 bits per heavy atom. The molecule has 1 amide bonds. The highest BCUT2D eigenvalue weighted by molar-refractivity contribution is 6.20. The number of hydrogen-bond donors (Lipinski definition) is 0. The number of benzene rings is 3. The minimum Gasteiger partial charge on any atom is -0.334 e. The smallest absolute Gasteiger partial charge is 0.334 e. The van der Waals surface area contributed by atoms with E-state index in [0.717, 1.165) is 38.6 Å². The maximum Gasteiger partial charge on any atom is 0.435 e. The molecule has 1 aliphatic rings. The third-order valence-corrected chi connectivity index (χ3v) is 6.55. The molecule has 5 rings (SSSR count). The second-order valence-electron chi connectivity index (χ2n) is 9.69. The maximum absolute atomic E-state index is 13.3. The van der Waals surface area contributed by atoms with E-state index in [0.29, 0.717) is 17.5 Å². The van der Waals surface area contributed by atoms with Gasteiger partial charge in [0, 0.05) is 59.0 Å². The van der Waals surface area contributed by atoms with Gasteiger partial charge in [-0.15, -0.1) is 0 Å². The molecule has 0 atom stereocenters. The number of ketones is 1. The summed E-state index contributed by atoms with van der Waals surface area (Å²) in [6, 6.07) is 19.7. The monoisotopic (exact) mass is 453 g/mol. The molecule has 34 heavy (non-hydrogen) atoms. The summed E-state index contributed by atoms with van der Waals surface area (Å²) in [4.78, 5) is 31.8. The van der Waals surface area contributed by atoms with Crippen LogP contribution in [-0.2, 0) is 10.4 Å². The lowest BCUT2D eigenvalue weighted by atomic mass is 9.88. The van der Waals surface area contributed by atoms with E-state index in [1.54, 1.807) is 14.1 Å². The van der Waals surface area contributed by atoms with Crippen molar-refractivity contribution in [3.8, 4) is 0 Å². The number of fused-ring (bicyclic) bond motifs is 3. The first-order valence-electron chi connectivity index (χ1n) is 11.3. The first kappa shape index (κ1) is 21.9. The zero-order chi connectivity index (χ0) is 24.2. The Hall–Kier alpha value is -3.93. The fourth-order valence-corrected chi connectivity index (χ4v) is 4.90. The molecular weight excluding hydrogens is 426 g/mol. The quantitative estimate of drug-likeness (QED) is 0.221. The number of nitrogens with zero attached hydrogens (tertiary/aromatic N) is 3. The summed E-state index contributed by atoms with van der Waals surface area (Å²) in [7, 11) is 3.25. The van der Waals surface area contributed by atoms with Crippen LogP contribution in [0.2, 0.25) is 0 Å². The van der Waals surface area contributed by atoms with Gasteiger partial charge in [-0.05, 0) is 44.5 Å². The molecule has 0 unspecified atom stereocenters. The van der Waals surface area contributed by atoms with Gasteiger partial charge >= 0.3 is 6.09 Å². The molecule has 6 heteroatoms. The van der Waals surface area contributed by atoms with Crippen LogP contribution in [0.15, 0.2) is 65.8 Å². The van der Waals surface area contributed by atoms with E-state index in [1.807, 2.05) is 61.5 Å². The Bertz CT molecular complexity index is 1510. The van der Waals surface area contributed by atoms with Crippen LogP contribution < -0.4 is 0 Å². The molecule has 0 saturated heterocycles. The molecule has 0 radical (unpaired) electrons. The highest BCUT2D eigenvalue weighted by Crippen LogP contribution is 2.42. The molecule has 3 aromatic carbocycles. The van der Waals surface area contributed by atoms with Crippen molar-refractivity contribution in [2.45, 2.75) is 32.7 Å². The molecule has 1 aromatic heterocycles. The van der Waals surface area contributed by atoms with Gasteiger partial charge in [-0.3, -0.25) is 9.63 Å². The highest BCUT2D eigenvalue weighted by atomic mass is 16.7. The molecule has 0 N–H and O–H groups in total. The molecule has 2 heterocycles. The molecule has 0 fully saturated rings. The van der Waals surface area contributed by atoms with Crippen molar-refractivity contribution >= 4 is 39.4 Å². The lowest BCUT2D eigenvalue weighted by Crippen LogP contribution is -2.34. The van der Waals surface area contributed by atoms with Crippen LogP contribution in [0, 0.1) is 6.92 Å². The van der Waals surface area contributed by atoms with E-state index in [1.165, 1.54) is 4.90 Å². The van der Waals surface area contributed by atoms with E-state index in [9.17, 15) is 9.59 Å². The largest absolute Gasteiger partial charge is 0.435 e. The summed E-state index contributed by atoms with van der Waals surface area (Å²) < 4.78 is 2.32. The van der Waals surface area contributed by atoms with Crippen molar-refractivity contribution in [3.05, 3.63) is 82.9 Å². The number of aromatic nitrogens is 1. The van der Waals surface area contributed by atoms with Gasteiger partial charge in [0.25, 0.3) is 0 Å². The van der Waals surface area contributed by atoms with Crippen molar-refractivity contribution in [1.82, 2.24) is 9.47 Å². The van der Waals surface area contributed by atoms with Gasteiger partial charge in [-0.1, -0.05) is 47.6 Å². The van der Waals surface area contributed by atoms with E-state index in [2.05, 4.69) is 29.6 Å². The summed E-state index contributed by atoms with van der Waals surface area (Å²) in [5.41, 5.74) is 5.81. The lowest BCUT2D eigenvalue weighted by molar-refractivity contribution is 0.103. The summed E-state index contributed by atoms with van der Waals surface area (Å²) >= 11 is 0. The zero-order valence-corrected chi connectivity index (χ0v) is 20.0. The van der Waals surface area contributed by atoms with E-state index < -0.39 is 6.09 Å². The predicted octanol–water partition coefficient (Wildman–Crippen LogP) is 5.88. The predicted molar refractivity (Wildman–Crippen MR) is 135 cm³/mol. The van der Waals surface area contributed by atoms with Crippen molar-refractivity contribution in [2.24, 2.45) is 5.16 Å². The van der Waals surface area contributed by atoms with E-state index >= 15 is 0 Å². The third kappa shape index (κ3) is 3.37. The number of rotatable bonds is 3. The number of hydrogen-bond acceptors (Lipinski definition) is 4. The Morgan fingerprint density at radius 2 is 1.76 bits per heavy atom. The van der Waals surface area contributed by atoms with Gasteiger partial charge in [0.1, 0.15) is 0 Å². The lowest BCUT2D eigenvalue weighted by Gasteiger charge is -2.34. The molecule has 6 nitrogen and oxygen atoms in total. The molecule has 0 aliphatic carbocycles. The van der Waals surface area contributed by atoms with Gasteiger partial charge in [-0.2, -0.15) is 0 Å². The van der Waals surface area contributed by atoms with E-state index in [-0.39, 0.29) is 11.3 Å². The second kappa shape index (κ2) is 7.83. The van der Waals surface area contributed by atoms with Crippen LogP contribution in [0.25, 0.3) is 21.8 Å². The number of para-hydroxylation sites is 1. The Kier molecular flexibility index (Phi) is 5.04. The summed E-state index contributed by atoms with van der Waals surface area (Å²) in [5, 5.41) is 6.32. The van der Waals surface area contributed by atoms with Crippen molar-refractivity contribution in [2.75, 3.05) is 14.1 Å². The Labute approximate surface area is 198 Å². The van der Waals surface area contributed by atoms with Gasteiger partial charge in [0.15, 0.2) is 5.78 Å². The number of aryl methyl sites for hydroxylation is 1. The average Bonchev–Trinajstić information content (AvgIpc) is 3.16. The van der Waals surface area contributed by atoms with Crippen LogP contribution in [-0.4, -0.2) is 41.2 Å². The minimum absolute atomic E-state index is 0.0176. The molecule has 1 aliphatic heterocycles. The van der Waals surface area contributed by atoms with Crippen LogP contribution in [0.3, 0.4) is 0 Å². The molecule has 0 saturated carbocycles. The molecule has 4 aromatic rings. The van der Waals surface area contributed by atoms with E-state index in [4.69, 9.17) is 4.84 Å². The van der Waals surface area contributed by atoms with Crippen LogP contribution in [0.1, 0.15) is 47.3 Å². The normalized spacial score (nSPS) is 15.6. The summed E-state index contributed by atoms with van der Waals surface area (Å²) in [6.07, 6.45) is 0.0935. The SMILES string of the molecule is Cc1ccccc1C(=O)c1ccc2c(c1)c1cccc3c1n2C(C)(C)C/C3=N\OC(=O)N(C)C. The van der Waals surface area contributed by atoms with Crippen molar-refractivity contribution in [1.29, 1.82) is 0 Å². The van der Waals surface area contributed by atoms with Gasteiger partial charge in [0.05, 0.1) is 11.2 Å². The number of carbonyl (C=O) groups is 2. The number of oxime groups is 1. The fraction of sp³-hybridized carbons (Fsp3) is 0.250. The Balaban J connectivity index is 1.71. The fourth-order valence-electron chi connectivity index (χ4n) is 4.90. The third-order valence-electron chi connectivity index (χ3n) is 6.55. The van der Waals surface area contributed by atoms with Crippen molar-refractivity contribution < 1.29 is 14.4 Å². The standard InChI is InChI=1S/C28H27N3O3/c1-17-9-6-7-10-19(17)26(32)18-13-14-24-22(15-18)20-11-8-12-21-23(29-34-27(33)30(4)5)16-28(2,3)31(24)25(20)21/h6-15H,16H2,1-5H3/b29-23+. The Morgan fingerprint density at radius 3 is 2.50 bits per heavy atom. The highest BCUT2D eigenvalue weighted by Gasteiger charge is 2.34. The number of amides is 1. The topological polar surface area (TPSA) is 63.9 Å². The molecular formula is C28H27N3O3. The zero-order valence-electron chi connectivity index (χ0n) is 20.0. The van der Waals surface area contributed by atoms with Crippen LogP contribution in [0.5, 0.6) is 0 Å². The summed E-state index contributed by atoms with van der Waals surface area (Å²) in [6.45, 7) is 6.26. The number of carbonyl (C=O) groups excluding carboxylic acids is 2. The molecule has 172 valence electrons. The van der Waals surface area contributed by atoms with Crippen LogP contribution >= 0.6 is 0 Å². The van der Waals surface area contributed by atoms with Gasteiger partial charge in [0.2, 0.25) is 0 Å². The average molecular weight is 454 g/mol. The molecule has 0 spiro atoms. The van der Waals surface area contributed by atoms with Gasteiger partial charge in [-0.25, -0.2) is 4.79 Å². The maximum atomic E-state index is 13.3. The second-order valence-corrected chi connectivity index (χ2v) is 9.69. The first-order valence-corrected chi connectivity index (χ1v) is 11.3.